The van der Waals surface area contributed by atoms with Crippen LogP contribution in [0.2, 0.25) is 10.0 Å². The average Bonchev–Trinajstić information content (AvgIpc) is 2.95. The molecule has 25 heavy (non-hydrogen) atoms. The minimum absolute atomic E-state index is 0.134. The van der Waals surface area contributed by atoms with Crippen LogP contribution in [0.15, 0.2) is 36.4 Å². The first kappa shape index (κ1) is 17.8. The molecule has 2 aromatic carbocycles. The van der Waals surface area contributed by atoms with E-state index in [1.54, 1.807) is 18.2 Å². The first-order valence-corrected chi connectivity index (χ1v) is 8.74. The molecule has 0 unspecified atom stereocenters. The van der Waals surface area contributed by atoms with Gasteiger partial charge in [-0.3, -0.25) is 9.59 Å². The van der Waals surface area contributed by atoms with Gasteiger partial charge in [0, 0.05) is 23.7 Å². The van der Waals surface area contributed by atoms with Crippen molar-refractivity contribution >= 4 is 46.4 Å². The molecule has 0 spiro atoms. The number of halogens is 2. The van der Waals surface area contributed by atoms with Crippen LogP contribution >= 0.6 is 23.2 Å². The van der Waals surface area contributed by atoms with Gasteiger partial charge in [-0.15, -0.1) is 0 Å². The zero-order valence-electron chi connectivity index (χ0n) is 14.0. The van der Waals surface area contributed by atoms with Gasteiger partial charge in [0.1, 0.15) is 0 Å². The highest BCUT2D eigenvalue weighted by atomic mass is 35.5. The van der Waals surface area contributed by atoms with E-state index in [2.05, 4.69) is 5.32 Å². The van der Waals surface area contributed by atoms with Gasteiger partial charge in [-0.05, 0) is 49.2 Å². The summed E-state index contributed by atoms with van der Waals surface area (Å²) in [6.07, 6.45) is 0.152. The summed E-state index contributed by atoms with van der Waals surface area (Å²) < 4.78 is 0. The Labute approximate surface area is 156 Å². The van der Waals surface area contributed by atoms with E-state index < -0.39 is 5.92 Å². The standard InChI is InChI=1S/C19H18Cl2N2O2/c1-11-3-4-12(2)16(7-11)22-19(25)13-8-18(24)23(10-13)17-9-14(20)5-6-15(17)21/h3-7,9,13H,8,10H2,1-2H3,(H,22,25)/t13-/m1/s1. The molecule has 0 saturated carbocycles. The van der Waals surface area contributed by atoms with Crippen LogP contribution in [-0.2, 0) is 9.59 Å². The van der Waals surface area contributed by atoms with E-state index in [0.29, 0.717) is 15.7 Å². The molecule has 130 valence electrons. The molecule has 1 aliphatic heterocycles. The third-order valence-corrected chi connectivity index (χ3v) is 4.90. The summed E-state index contributed by atoms with van der Waals surface area (Å²) >= 11 is 12.2. The minimum Gasteiger partial charge on any atom is -0.326 e. The second-order valence-corrected chi connectivity index (χ2v) is 7.15. The fourth-order valence-electron chi connectivity index (χ4n) is 2.91. The van der Waals surface area contributed by atoms with E-state index in [0.717, 1.165) is 16.8 Å². The van der Waals surface area contributed by atoms with Gasteiger partial charge in [-0.2, -0.15) is 0 Å². The van der Waals surface area contributed by atoms with Gasteiger partial charge in [0.15, 0.2) is 0 Å². The zero-order chi connectivity index (χ0) is 18.1. The number of aryl methyl sites for hydroxylation is 2. The summed E-state index contributed by atoms with van der Waals surface area (Å²) in [6.45, 7) is 4.19. The van der Waals surface area contributed by atoms with Crippen molar-refractivity contribution in [2.75, 3.05) is 16.8 Å². The highest BCUT2D eigenvalue weighted by Gasteiger charge is 2.36. The van der Waals surface area contributed by atoms with Crippen LogP contribution in [-0.4, -0.2) is 18.4 Å². The topological polar surface area (TPSA) is 49.4 Å². The highest BCUT2D eigenvalue weighted by Crippen LogP contribution is 2.33. The number of hydrogen-bond donors (Lipinski definition) is 1. The number of benzene rings is 2. The van der Waals surface area contributed by atoms with E-state index in [9.17, 15) is 9.59 Å². The highest BCUT2D eigenvalue weighted by molar-refractivity contribution is 6.36. The van der Waals surface area contributed by atoms with Gasteiger partial charge in [-0.1, -0.05) is 35.3 Å². The number of nitrogens with one attached hydrogen (secondary N) is 1. The van der Waals surface area contributed by atoms with E-state index in [4.69, 9.17) is 23.2 Å². The molecule has 2 aromatic rings. The Balaban J connectivity index is 1.77. The Morgan fingerprint density at radius 3 is 2.68 bits per heavy atom. The molecule has 1 aliphatic rings. The zero-order valence-corrected chi connectivity index (χ0v) is 15.5. The van der Waals surface area contributed by atoms with Crippen molar-refractivity contribution in [3.8, 4) is 0 Å². The number of rotatable bonds is 3. The number of carbonyl (C=O) groups excluding carboxylic acids is 2. The normalized spacial score (nSPS) is 17.0. The molecule has 1 heterocycles. The molecule has 4 nitrogen and oxygen atoms in total. The Kier molecular flexibility index (Phi) is 5.02. The SMILES string of the molecule is Cc1ccc(C)c(NC(=O)[C@@H]2CC(=O)N(c3cc(Cl)ccc3Cl)C2)c1. The summed E-state index contributed by atoms with van der Waals surface area (Å²) in [6, 6.07) is 10.8. The molecule has 0 aromatic heterocycles. The number of nitrogens with zero attached hydrogens (tertiary/aromatic N) is 1. The molecular weight excluding hydrogens is 359 g/mol. The summed E-state index contributed by atoms with van der Waals surface area (Å²) in [4.78, 5) is 26.5. The average molecular weight is 377 g/mol. The van der Waals surface area contributed by atoms with Gasteiger partial charge in [0.25, 0.3) is 0 Å². The Bertz CT molecular complexity index is 851. The lowest BCUT2D eigenvalue weighted by Crippen LogP contribution is -2.28. The maximum atomic E-state index is 12.6. The largest absolute Gasteiger partial charge is 0.326 e. The predicted octanol–water partition coefficient (Wildman–Crippen LogP) is 4.60. The van der Waals surface area contributed by atoms with Crippen molar-refractivity contribution in [3.05, 3.63) is 57.6 Å². The van der Waals surface area contributed by atoms with Crippen LogP contribution in [0.4, 0.5) is 11.4 Å². The molecule has 0 aliphatic carbocycles. The Hall–Kier alpha value is -2.04. The predicted molar refractivity (Wildman–Crippen MR) is 101 cm³/mol. The molecule has 1 atom stereocenters. The van der Waals surface area contributed by atoms with Gasteiger partial charge in [0.05, 0.1) is 16.6 Å². The number of amides is 2. The summed E-state index contributed by atoms with van der Waals surface area (Å²) in [5.41, 5.74) is 3.37. The maximum absolute atomic E-state index is 12.6. The number of hydrogen-bond acceptors (Lipinski definition) is 2. The smallest absolute Gasteiger partial charge is 0.229 e. The lowest BCUT2D eigenvalue weighted by molar-refractivity contribution is -0.122. The van der Waals surface area contributed by atoms with Gasteiger partial charge < -0.3 is 10.2 Å². The number of carbonyl (C=O) groups is 2. The van der Waals surface area contributed by atoms with E-state index in [1.165, 1.54) is 4.90 Å². The van der Waals surface area contributed by atoms with Crippen molar-refractivity contribution < 1.29 is 9.59 Å². The van der Waals surface area contributed by atoms with Gasteiger partial charge in [-0.25, -0.2) is 0 Å². The monoisotopic (exact) mass is 376 g/mol. The van der Waals surface area contributed by atoms with E-state index in [1.807, 2.05) is 32.0 Å². The fraction of sp³-hybridized carbons (Fsp3) is 0.263. The molecule has 1 N–H and O–H groups in total. The quantitative estimate of drug-likeness (QED) is 0.850. The van der Waals surface area contributed by atoms with Crippen LogP contribution < -0.4 is 10.2 Å². The van der Waals surface area contributed by atoms with Crippen molar-refractivity contribution in [3.63, 3.8) is 0 Å². The van der Waals surface area contributed by atoms with Crippen LogP contribution in [0.1, 0.15) is 17.5 Å². The first-order valence-electron chi connectivity index (χ1n) is 7.98. The molecule has 2 amide bonds. The van der Waals surface area contributed by atoms with Crippen LogP contribution in [0.25, 0.3) is 0 Å². The number of anilines is 2. The fourth-order valence-corrected chi connectivity index (χ4v) is 3.30. The van der Waals surface area contributed by atoms with E-state index in [-0.39, 0.29) is 24.8 Å². The third-order valence-electron chi connectivity index (χ3n) is 4.35. The molecule has 0 bridgehead atoms. The second-order valence-electron chi connectivity index (χ2n) is 6.31. The molecule has 3 rings (SSSR count). The van der Waals surface area contributed by atoms with Crippen LogP contribution in [0.3, 0.4) is 0 Å². The van der Waals surface area contributed by atoms with Crippen LogP contribution in [0, 0.1) is 19.8 Å². The molecule has 1 saturated heterocycles. The Morgan fingerprint density at radius 1 is 1.16 bits per heavy atom. The lowest BCUT2D eigenvalue weighted by Gasteiger charge is -2.18. The second kappa shape index (κ2) is 7.06. The molecule has 0 radical (unpaired) electrons. The summed E-state index contributed by atoms with van der Waals surface area (Å²) in [5.74, 6) is -0.726. The van der Waals surface area contributed by atoms with E-state index >= 15 is 0 Å². The third kappa shape index (κ3) is 3.80. The minimum atomic E-state index is -0.428. The van der Waals surface area contributed by atoms with Crippen molar-refractivity contribution in [1.29, 1.82) is 0 Å². The molecular formula is C19H18Cl2N2O2. The Morgan fingerprint density at radius 2 is 1.92 bits per heavy atom. The van der Waals surface area contributed by atoms with Gasteiger partial charge >= 0.3 is 0 Å². The molecule has 6 heteroatoms. The van der Waals surface area contributed by atoms with Crippen LogP contribution in [0.5, 0.6) is 0 Å². The van der Waals surface area contributed by atoms with Gasteiger partial charge in [0.2, 0.25) is 11.8 Å². The van der Waals surface area contributed by atoms with Crippen molar-refractivity contribution in [2.24, 2.45) is 5.92 Å². The lowest BCUT2D eigenvalue weighted by atomic mass is 10.1. The first-order chi connectivity index (χ1) is 11.8. The van der Waals surface area contributed by atoms with Crippen molar-refractivity contribution in [1.82, 2.24) is 0 Å². The summed E-state index contributed by atoms with van der Waals surface area (Å²) in [7, 11) is 0. The molecule has 1 fully saturated rings. The van der Waals surface area contributed by atoms with Crippen molar-refractivity contribution in [2.45, 2.75) is 20.3 Å². The maximum Gasteiger partial charge on any atom is 0.229 e. The summed E-state index contributed by atoms with van der Waals surface area (Å²) in [5, 5.41) is 3.87.